The summed E-state index contributed by atoms with van der Waals surface area (Å²) in [4.78, 5) is 2.11. The molecule has 1 saturated carbocycles. The highest BCUT2D eigenvalue weighted by Gasteiger charge is 2.40. The largest absolute Gasteiger partial charge is 0.378 e. The summed E-state index contributed by atoms with van der Waals surface area (Å²) < 4.78 is 62.7. The van der Waals surface area contributed by atoms with Crippen LogP contribution in [0.2, 0.25) is 0 Å². The molecule has 8 nitrogen and oxygen atoms in total. The molecular weight excluding hydrogens is 488 g/mol. The zero-order chi connectivity index (χ0) is 25.1. The summed E-state index contributed by atoms with van der Waals surface area (Å²) in [6.45, 7) is 1.43. The maximum absolute atomic E-state index is 13.6. The molecule has 5 rings (SSSR count). The van der Waals surface area contributed by atoms with Gasteiger partial charge in [-0.25, -0.2) is 8.78 Å². The molecule has 1 aliphatic carbocycles. The number of nitrogens with one attached hydrogen (secondary N) is 1. The Kier molecular flexibility index (Phi) is 7.80. The second-order valence-corrected chi connectivity index (χ2v) is 11.8. The lowest BCUT2D eigenvalue weighted by Crippen LogP contribution is -2.60. The molecule has 0 bridgehead atoms. The van der Waals surface area contributed by atoms with Crippen molar-refractivity contribution in [2.24, 2.45) is 5.92 Å². The lowest BCUT2D eigenvalue weighted by molar-refractivity contribution is -0.00239. The monoisotopic (exact) mass is 521 g/mol. The van der Waals surface area contributed by atoms with Gasteiger partial charge in [-0.1, -0.05) is 12.1 Å². The van der Waals surface area contributed by atoms with Gasteiger partial charge in [-0.15, -0.1) is 5.10 Å². The van der Waals surface area contributed by atoms with Gasteiger partial charge in [-0.05, 0) is 67.9 Å². The molecule has 0 spiro atoms. The zero-order valence-electron chi connectivity index (χ0n) is 20.2. The second-order valence-electron chi connectivity index (χ2n) is 10.1. The van der Waals surface area contributed by atoms with Crippen LogP contribution >= 0.6 is 0 Å². The van der Waals surface area contributed by atoms with E-state index in [1.807, 2.05) is 18.2 Å². The third-order valence-electron chi connectivity index (χ3n) is 7.60. The third-order valence-corrected chi connectivity index (χ3v) is 9.18. The van der Waals surface area contributed by atoms with E-state index in [-0.39, 0.29) is 37.0 Å². The summed E-state index contributed by atoms with van der Waals surface area (Å²) in [5.74, 6) is 0.781. The van der Waals surface area contributed by atoms with Crippen LogP contribution in [0.3, 0.4) is 0 Å². The van der Waals surface area contributed by atoms with Crippen LogP contribution in [0.4, 0.5) is 14.6 Å². The van der Waals surface area contributed by atoms with Gasteiger partial charge >= 0.3 is 0 Å². The SMILES string of the molecule is O=S(=O)(N[C@H]1CCN(c2cccnn2)C[C@H]1CO[C@H]1CC[C@@H](c2cccc(F)c2)CC1)N1CC(F)C1. The van der Waals surface area contributed by atoms with E-state index in [1.165, 1.54) is 6.07 Å². The molecule has 1 aromatic heterocycles. The Hall–Kier alpha value is -2.21. The Morgan fingerprint density at radius 3 is 2.56 bits per heavy atom. The average molecular weight is 522 g/mol. The molecule has 3 fully saturated rings. The van der Waals surface area contributed by atoms with Gasteiger partial charge in [0.2, 0.25) is 0 Å². The van der Waals surface area contributed by atoms with E-state index in [1.54, 1.807) is 18.3 Å². The van der Waals surface area contributed by atoms with E-state index in [4.69, 9.17) is 4.74 Å². The van der Waals surface area contributed by atoms with Gasteiger partial charge in [0.05, 0.1) is 12.7 Å². The molecule has 2 saturated heterocycles. The van der Waals surface area contributed by atoms with E-state index in [0.29, 0.717) is 32.0 Å². The quantitative estimate of drug-likeness (QED) is 0.575. The fraction of sp³-hybridized carbons (Fsp3) is 0.600. The fourth-order valence-corrected chi connectivity index (χ4v) is 7.02. The minimum absolute atomic E-state index is 0.0848. The van der Waals surface area contributed by atoms with Crippen molar-refractivity contribution in [2.45, 2.75) is 56.3 Å². The first-order valence-electron chi connectivity index (χ1n) is 12.7. The number of alkyl halides is 1. The molecule has 3 heterocycles. The van der Waals surface area contributed by atoms with E-state index in [0.717, 1.165) is 41.4 Å². The van der Waals surface area contributed by atoms with Crippen molar-refractivity contribution in [2.75, 3.05) is 37.7 Å². The van der Waals surface area contributed by atoms with Crippen LogP contribution in [0.1, 0.15) is 43.6 Å². The van der Waals surface area contributed by atoms with E-state index >= 15 is 0 Å². The van der Waals surface area contributed by atoms with Crippen LogP contribution in [0, 0.1) is 11.7 Å². The van der Waals surface area contributed by atoms with Crippen molar-refractivity contribution in [1.82, 2.24) is 19.2 Å². The highest BCUT2D eigenvalue weighted by atomic mass is 32.2. The molecule has 3 aliphatic rings. The lowest BCUT2D eigenvalue weighted by atomic mass is 9.82. The maximum Gasteiger partial charge on any atom is 0.279 e. The number of benzene rings is 1. The standard InChI is InChI=1S/C25H33F2N5O3S/c26-21-4-1-3-19(13-21)18-6-8-23(9-7-18)35-17-20-14-31(25-5-2-11-28-29-25)12-10-24(20)30-36(33,34)32-15-22(27)16-32/h1-5,11,13,18,20,22-24,30H,6-10,12,14-17H2/t18-,20-,23+,24-/m0/s1. The Labute approximate surface area is 211 Å². The van der Waals surface area contributed by atoms with Crippen molar-refractivity contribution in [3.63, 3.8) is 0 Å². The predicted octanol–water partition coefficient (Wildman–Crippen LogP) is 3.04. The van der Waals surface area contributed by atoms with E-state index in [9.17, 15) is 17.2 Å². The molecule has 1 N–H and O–H groups in total. The lowest BCUT2D eigenvalue weighted by Gasteiger charge is -2.41. The number of hydrogen-bond donors (Lipinski definition) is 1. The van der Waals surface area contributed by atoms with Crippen LogP contribution in [0.25, 0.3) is 0 Å². The molecule has 0 unspecified atom stereocenters. The summed E-state index contributed by atoms with van der Waals surface area (Å²) in [6.07, 6.45) is 4.82. The first kappa shape index (κ1) is 25.4. The Morgan fingerprint density at radius 1 is 1.06 bits per heavy atom. The van der Waals surface area contributed by atoms with Crippen molar-refractivity contribution in [3.8, 4) is 0 Å². The van der Waals surface area contributed by atoms with Gasteiger partial charge in [-0.3, -0.25) is 0 Å². The van der Waals surface area contributed by atoms with Crippen molar-refractivity contribution in [1.29, 1.82) is 0 Å². The summed E-state index contributed by atoms with van der Waals surface area (Å²) in [5.41, 5.74) is 1.04. The number of ether oxygens (including phenoxy) is 1. The van der Waals surface area contributed by atoms with Crippen LogP contribution in [-0.4, -0.2) is 74.0 Å². The first-order valence-corrected chi connectivity index (χ1v) is 14.1. The van der Waals surface area contributed by atoms with E-state index < -0.39 is 16.4 Å². The number of rotatable bonds is 8. The molecule has 11 heteroatoms. The minimum Gasteiger partial charge on any atom is -0.378 e. The predicted molar refractivity (Wildman–Crippen MR) is 132 cm³/mol. The Balaban J connectivity index is 1.20. The summed E-state index contributed by atoms with van der Waals surface area (Å²) in [6, 6.07) is 10.2. The normalized spacial score (nSPS) is 28.1. The van der Waals surface area contributed by atoms with E-state index in [2.05, 4.69) is 19.8 Å². The van der Waals surface area contributed by atoms with Gasteiger partial charge in [0, 0.05) is 44.3 Å². The summed E-state index contributed by atoms with van der Waals surface area (Å²) in [7, 11) is -3.75. The van der Waals surface area contributed by atoms with Crippen molar-refractivity contribution in [3.05, 3.63) is 54.0 Å². The van der Waals surface area contributed by atoms with Crippen LogP contribution in [0.5, 0.6) is 0 Å². The highest BCUT2D eigenvalue weighted by molar-refractivity contribution is 7.87. The fourth-order valence-electron chi connectivity index (χ4n) is 5.46. The van der Waals surface area contributed by atoms with Gasteiger partial charge in [0.15, 0.2) is 5.82 Å². The van der Waals surface area contributed by atoms with Gasteiger partial charge in [-0.2, -0.15) is 22.5 Å². The summed E-state index contributed by atoms with van der Waals surface area (Å²) >= 11 is 0. The number of piperidine rings is 1. The first-order chi connectivity index (χ1) is 17.4. The highest BCUT2D eigenvalue weighted by Crippen LogP contribution is 2.35. The third kappa shape index (κ3) is 6.01. The number of anilines is 1. The van der Waals surface area contributed by atoms with Crippen LogP contribution in [0.15, 0.2) is 42.6 Å². The molecule has 0 amide bonds. The summed E-state index contributed by atoms with van der Waals surface area (Å²) in [5, 5.41) is 8.18. The number of halogens is 2. The number of nitrogens with zero attached hydrogens (tertiary/aromatic N) is 4. The minimum atomic E-state index is -3.75. The van der Waals surface area contributed by atoms with Gasteiger partial charge < -0.3 is 9.64 Å². The average Bonchev–Trinajstić information content (AvgIpc) is 2.87. The van der Waals surface area contributed by atoms with Crippen LogP contribution < -0.4 is 9.62 Å². The molecule has 1 aromatic carbocycles. The molecule has 196 valence electrons. The zero-order valence-corrected chi connectivity index (χ0v) is 21.0. The van der Waals surface area contributed by atoms with Crippen molar-refractivity contribution >= 4 is 16.0 Å². The number of aromatic nitrogens is 2. The molecule has 0 radical (unpaired) electrons. The molecule has 2 aliphatic heterocycles. The molecular formula is C25H33F2N5O3S. The van der Waals surface area contributed by atoms with Gasteiger partial charge in [0.1, 0.15) is 12.0 Å². The Bertz CT molecular complexity index is 1110. The number of hydrogen-bond acceptors (Lipinski definition) is 6. The maximum atomic E-state index is 13.6. The topological polar surface area (TPSA) is 87.7 Å². The Morgan fingerprint density at radius 2 is 1.86 bits per heavy atom. The second kappa shape index (κ2) is 11.0. The van der Waals surface area contributed by atoms with Crippen LogP contribution in [-0.2, 0) is 14.9 Å². The smallest absolute Gasteiger partial charge is 0.279 e. The van der Waals surface area contributed by atoms with Crippen molar-refractivity contribution < 1.29 is 21.9 Å². The van der Waals surface area contributed by atoms with Gasteiger partial charge in [0.25, 0.3) is 10.2 Å². The molecule has 36 heavy (non-hydrogen) atoms. The molecule has 2 atom stereocenters. The molecule has 2 aromatic rings.